The zero-order valence-electron chi connectivity index (χ0n) is 10.7. The van der Waals surface area contributed by atoms with Gasteiger partial charge in [0.15, 0.2) is 6.10 Å². The first-order chi connectivity index (χ1) is 8.74. The number of nitriles is 1. The van der Waals surface area contributed by atoms with Crippen molar-refractivity contribution in [2.24, 2.45) is 5.73 Å². The van der Waals surface area contributed by atoms with Crippen LogP contribution in [-0.4, -0.2) is 37.2 Å². The summed E-state index contributed by atoms with van der Waals surface area (Å²) in [6.45, 7) is 4.69. The van der Waals surface area contributed by atoms with E-state index in [1.807, 2.05) is 0 Å². The van der Waals surface area contributed by atoms with Crippen molar-refractivity contribution in [3.63, 3.8) is 0 Å². The number of benzene rings is 1. The van der Waals surface area contributed by atoms with Crippen LogP contribution in [-0.2, 0) is 4.74 Å². The van der Waals surface area contributed by atoms with Crippen molar-refractivity contribution < 1.29 is 4.74 Å². The summed E-state index contributed by atoms with van der Waals surface area (Å²) in [5.74, 6) is 0. The van der Waals surface area contributed by atoms with Crippen LogP contribution in [0.25, 0.3) is 0 Å². The maximum absolute atomic E-state index is 8.95. The van der Waals surface area contributed by atoms with E-state index < -0.39 is 0 Å². The van der Waals surface area contributed by atoms with Crippen LogP contribution in [0.5, 0.6) is 0 Å². The SMILES string of the molecule is Cc1cccc(C(CN)N2CCOC(C#N)C2)c1. The first-order valence-corrected chi connectivity index (χ1v) is 6.26. The summed E-state index contributed by atoms with van der Waals surface area (Å²) in [4.78, 5) is 2.24. The molecule has 0 aliphatic carbocycles. The lowest BCUT2D eigenvalue weighted by molar-refractivity contribution is -0.0161. The van der Waals surface area contributed by atoms with Crippen molar-refractivity contribution in [3.8, 4) is 6.07 Å². The molecular weight excluding hydrogens is 226 g/mol. The number of nitrogens with zero attached hydrogens (tertiary/aromatic N) is 2. The Kier molecular flexibility index (Phi) is 4.32. The Labute approximate surface area is 108 Å². The van der Waals surface area contributed by atoms with Crippen LogP contribution in [0.2, 0.25) is 0 Å². The molecule has 0 spiro atoms. The molecule has 0 radical (unpaired) electrons. The van der Waals surface area contributed by atoms with Gasteiger partial charge in [0.25, 0.3) is 0 Å². The lowest BCUT2D eigenvalue weighted by Gasteiger charge is -2.36. The lowest BCUT2D eigenvalue weighted by atomic mass is 10.0. The van der Waals surface area contributed by atoms with Gasteiger partial charge >= 0.3 is 0 Å². The molecule has 4 heteroatoms. The van der Waals surface area contributed by atoms with Gasteiger partial charge in [0.2, 0.25) is 0 Å². The summed E-state index contributed by atoms with van der Waals surface area (Å²) in [5, 5.41) is 8.95. The van der Waals surface area contributed by atoms with Crippen molar-refractivity contribution >= 4 is 0 Å². The van der Waals surface area contributed by atoms with Crippen molar-refractivity contribution in [2.45, 2.75) is 19.1 Å². The molecule has 1 heterocycles. The molecule has 1 aliphatic heterocycles. The van der Waals surface area contributed by atoms with Gasteiger partial charge < -0.3 is 10.5 Å². The monoisotopic (exact) mass is 245 g/mol. The summed E-state index contributed by atoms with van der Waals surface area (Å²) in [5.41, 5.74) is 8.36. The van der Waals surface area contributed by atoms with E-state index in [2.05, 4.69) is 42.2 Å². The van der Waals surface area contributed by atoms with Gasteiger partial charge in [-0.2, -0.15) is 5.26 Å². The van der Waals surface area contributed by atoms with E-state index in [1.165, 1.54) is 11.1 Å². The van der Waals surface area contributed by atoms with Gasteiger partial charge in [0, 0.05) is 25.7 Å². The van der Waals surface area contributed by atoms with Gasteiger partial charge in [-0.3, -0.25) is 4.90 Å². The van der Waals surface area contributed by atoms with Crippen LogP contribution >= 0.6 is 0 Å². The molecular formula is C14H19N3O. The quantitative estimate of drug-likeness (QED) is 0.869. The fraction of sp³-hybridized carbons (Fsp3) is 0.500. The van der Waals surface area contributed by atoms with Gasteiger partial charge in [-0.05, 0) is 12.5 Å². The Morgan fingerprint density at radius 1 is 1.61 bits per heavy atom. The smallest absolute Gasteiger partial charge is 0.156 e. The average molecular weight is 245 g/mol. The predicted molar refractivity (Wildman–Crippen MR) is 69.9 cm³/mol. The highest BCUT2D eigenvalue weighted by Crippen LogP contribution is 2.22. The molecule has 2 N–H and O–H groups in total. The van der Waals surface area contributed by atoms with Crippen molar-refractivity contribution in [1.29, 1.82) is 5.26 Å². The maximum Gasteiger partial charge on any atom is 0.156 e. The van der Waals surface area contributed by atoms with Crippen LogP contribution in [0.15, 0.2) is 24.3 Å². The summed E-state index contributed by atoms with van der Waals surface area (Å²) in [6, 6.07) is 10.7. The highest BCUT2D eigenvalue weighted by Gasteiger charge is 2.26. The Bertz CT molecular complexity index is 441. The van der Waals surface area contributed by atoms with E-state index in [-0.39, 0.29) is 12.1 Å². The van der Waals surface area contributed by atoms with Crippen molar-refractivity contribution in [3.05, 3.63) is 35.4 Å². The normalized spacial score (nSPS) is 22.4. The number of nitrogens with two attached hydrogens (primary N) is 1. The van der Waals surface area contributed by atoms with Crippen LogP contribution < -0.4 is 5.73 Å². The van der Waals surface area contributed by atoms with Gasteiger partial charge in [0.1, 0.15) is 0 Å². The largest absolute Gasteiger partial charge is 0.361 e. The third-order valence-electron chi connectivity index (χ3n) is 3.33. The van der Waals surface area contributed by atoms with E-state index >= 15 is 0 Å². The number of hydrogen-bond donors (Lipinski definition) is 1. The average Bonchev–Trinajstić information content (AvgIpc) is 2.40. The minimum Gasteiger partial charge on any atom is -0.361 e. The van der Waals surface area contributed by atoms with E-state index in [4.69, 9.17) is 15.7 Å². The molecule has 0 bridgehead atoms. The first kappa shape index (κ1) is 13.0. The predicted octanol–water partition coefficient (Wildman–Crippen LogP) is 1.22. The van der Waals surface area contributed by atoms with Crippen LogP contribution in [0.3, 0.4) is 0 Å². The van der Waals surface area contributed by atoms with E-state index in [9.17, 15) is 0 Å². The number of aryl methyl sites for hydroxylation is 1. The second kappa shape index (κ2) is 5.96. The van der Waals surface area contributed by atoms with E-state index in [0.717, 1.165) is 6.54 Å². The number of rotatable bonds is 3. The highest BCUT2D eigenvalue weighted by atomic mass is 16.5. The summed E-state index contributed by atoms with van der Waals surface area (Å²) < 4.78 is 5.37. The molecule has 1 aromatic rings. The summed E-state index contributed by atoms with van der Waals surface area (Å²) >= 11 is 0. The molecule has 18 heavy (non-hydrogen) atoms. The van der Waals surface area contributed by atoms with Gasteiger partial charge in [-0.15, -0.1) is 0 Å². The fourth-order valence-electron chi connectivity index (χ4n) is 2.40. The molecule has 2 unspecified atom stereocenters. The standard InChI is InChI=1S/C14H19N3O/c1-11-3-2-4-12(7-11)14(9-16)17-5-6-18-13(8-15)10-17/h2-4,7,13-14H,5-6,9-10,16H2,1H3. The third-order valence-corrected chi connectivity index (χ3v) is 3.33. The summed E-state index contributed by atoms with van der Waals surface area (Å²) in [7, 11) is 0. The van der Waals surface area contributed by atoms with E-state index in [1.54, 1.807) is 0 Å². The highest BCUT2D eigenvalue weighted by molar-refractivity contribution is 5.25. The first-order valence-electron chi connectivity index (χ1n) is 6.26. The van der Waals surface area contributed by atoms with Crippen LogP contribution in [0.1, 0.15) is 17.2 Å². The third kappa shape index (κ3) is 2.88. The molecule has 0 amide bonds. The van der Waals surface area contributed by atoms with E-state index in [0.29, 0.717) is 19.7 Å². The Hall–Kier alpha value is -1.41. The molecule has 1 aliphatic rings. The molecule has 2 rings (SSSR count). The Morgan fingerprint density at radius 2 is 2.44 bits per heavy atom. The van der Waals surface area contributed by atoms with Crippen molar-refractivity contribution in [2.75, 3.05) is 26.2 Å². The second-order valence-electron chi connectivity index (χ2n) is 4.65. The van der Waals surface area contributed by atoms with Gasteiger partial charge in [0.05, 0.1) is 12.7 Å². The molecule has 0 saturated carbocycles. The number of hydrogen-bond acceptors (Lipinski definition) is 4. The fourth-order valence-corrected chi connectivity index (χ4v) is 2.40. The topological polar surface area (TPSA) is 62.3 Å². The van der Waals surface area contributed by atoms with Gasteiger partial charge in [-0.25, -0.2) is 0 Å². The molecule has 1 saturated heterocycles. The second-order valence-corrected chi connectivity index (χ2v) is 4.65. The number of ether oxygens (including phenoxy) is 1. The molecule has 96 valence electrons. The zero-order valence-corrected chi connectivity index (χ0v) is 10.7. The Morgan fingerprint density at radius 3 is 3.11 bits per heavy atom. The molecule has 0 aromatic heterocycles. The minimum absolute atomic E-state index is 0.171. The molecule has 1 aromatic carbocycles. The maximum atomic E-state index is 8.95. The van der Waals surface area contributed by atoms with Crippen LogP contribution in [0.4, 0.5) is 0 Å². The zero-order chi connectivity index (χ0) is 13.0. The summed E-state index contributed by atoms with van der Waals surface area (Å²) in [6.07, 6.45) is -0.336. The van der Waals surface area contributed by atoms with Crippen molar-refractivity contribution in [1.82, 2.24) is 4.90 Å². The lowest BCUT2D eigenvalue weighted by Crippen LogP contribution is -2.45. The number of morpholine rings is 1. The Balaban J connectivity index is 2.16. The van der Waals surface area contributed by atoms with Gasteiger partial charge in [-0.1, -0.05) is 29.8 Å². The molecule has 1 fully saturated rings. The molecule has 2 atom stereocenters. The molecule has 4 nitrogen and oxygen atoms in total. The minimum atomic E-state index is -0.336. The van der Waals surface area contributed by atoms with Crippen LogP contribution in [0, 0.1) is 18.3 Å².